The zero-order valence-electron chi connectivity index (χ0n) is 12.5. The molecular formula is C15H19N4O2+. The Labute approximate surface area is 123 Å². The molecule has 6 nitrogen and oxygen atoms in total. The van der Waals surface area contributed by atoms with Crippen molar-refractivity contribution in [3.05, 3.63) is 36.9 Å². The molecule has 6 heteroatoms. The first-order chi connectivity index (χ1) is 9.94. The van der Waals surface area contributed by atoms with Crippen molar-refractivity contribution in [1.82, 2.24) is 15.1 Å². The number of carbonyl (C=O) groups excluding carboxylic acids is 1. The van der Waals surface area contributed by atoms with Crippen LogP contribution in [0.15, 0.2) is 36.9 Å². The molecule has 0 aliphatic carbocycles. The first kappa shape index (κ1) is 15.0. The number of aryl methyl sites for hydroxylation is 1. The smallest absolute Gasteiger partial charge is 0.312 e. The molecule has 0 fully saturated rings. The normalized spacial score (nSPS) is 11.2. The third-order valence-corrected chi connectivity index (χ3v) is 2.56. The van der Waals surface area contributed by atoms with Gasteiger partial charge in [-0.2, -0.15) is 0 Å². The third-order valence-electron chi connectivity index (χ3n) is 2.56. The van der Waals surface area contributed by atoms with E-state index in [1.165, 1.54) is 0 Å². The van der Waals surface area contributed by atoms with Gasteiger partial charge in [0.15, 0.2) is 18.6 Å². The topological polar surface area (TPSA) is 68.8 Å². The van der Waals surface area contributed by atoms with Crippen LogP contribution in [0.3, 0.4) is 0 Å². The Kier molecular flexibility index (Phi) is 4.57. The number of carbonyl (C=O) groups is 1. The van der Waals surface area contributed by atoms with Gasteiger partial charge in [-0.3, -0.25) is 4.79 Å². The second-order valence-electron chi connectivity index (χ2n) is 5.59. The molecule has 0 amide bonds. The lowest BCUT2D eigenvalue weighted by molar-refractivity contribution is -0.753. The fourth-order valence-corrected chi connectivity index (χ4v) is 1.70. The van der Waals surface area contributed by atoms with E-state index in [0.29, 0.717) is 12.4 Å². The van der Waals surface area contributed by atoms with Gasteiger partial charge in [0.25, 0.3) is 0 Å². The summed E-state index contributed by atoms with van der Waals surface area (Å²) in [5, 5.41) is 4.25. The molecule has 0 aromatic carbocycles. The molecule has 0 saturated heterocycles. The highest BCUT2D eigenvalue weighted by molar-refractivity contribution is 5.69. The summed E-state index contributed by atoms with van der Waals surface area (Å²) in [4.78, 5) is 20.0. The summed E-state index contributed by atoms with van der Waals surface area (Å²) < 4.78 is 6.94. The Morgan fingerprint density at radius 2 is 2.00 bits per heavy atom. The summed E-state index contributed by atoms with van der Waals surface area (Å²) in [6.45, 7) is 6.03. The number of ether oxygens (including phenoxy) is 1. The molecule has 0 unspecified atom stereocenters. The minimum Gasteiger partial charge on any atom is -0.460 e. The van der Waals surface area contributed by atoms with E-state index >= 15 is 0 Å². The van der Waals surface area contributed by atoms with Gasteiger partial charge < -0.3 is 4.74 Å². The van der Waals surface area contributed by atoms with Crippen LogP contribution in [0.4, 0.5) is 0 Å². The highest BCUT2D eigenvalue weighted by Crippen LogP contribution is 2.10. The van der Waals surface area contributed by atoms with Gasteiger partial charge in [0.05, 0.1) is 0 Å². The summed E-state index contributed by atoms with van der Waals surface area (Å²) in [5.41, 5.74) is 0.382. The summed E-state index contributed by atoms with van der Waals surface area (Å²) in [6.07, 6.45) is 7.15. The first-order valence-electron chi connectivity index (χ1n) is 6.79. The van der Waals surface area contributed by atoms with E-state index in [9.17, 15) is 4.79 Å². The Morgan fingerprint density at radius 1 is 1.29 bits per heavy atom. The van der Waals surface area contributed by atoms with Crippen molar-refractivity contribution >= 4 is 5.97 Å². The molecule has 2 aromatic heterocycles. The molecule has 2 heterocycles. The van der Waals surface area contributed by atoms with Crippen LogP contribution in [0.2, 0.25) is 0 Å². The molecule has 21 heavy (non-hydrogen) atoms. The van der Waals surface area contributed by atoms with Gasteiger partial charge >= 0.3 is 5.97 Å². The molecule has 0 saturated carbocycles. The molecule has 2 rings (SSSR count). The van der Waals surface area contributed by atoms with Crippen molar-refractivity contribution in [2.24, 2.45) is 0 Å². The SMILES string of the molecule is CC(C)(C)OC(=O)CC[n+]1ccc(-c2ncccn2)cn1. The number of aromatic nitrogens is 4. The second kappa shape index (κ2) is 6.39. The van der Waals surface area contributed by atoms with Crippen LogP contribution in [0, 0.1) is 0 Å². The van der Waals surface area contributed by atoms with E-state index in [2.05, 4.69) is 15.1 Å². The largest absolute Gasteiger partial charge is 0.460 e. The standard InChI is InChI=1S/C15H19N4O2/c1-15(2,3)21-13(20)6-10-19-9-5-12(11-18-19)14-16-7-4-8-17-14/h4-5,7-9,11H,6,10H2,1-3H3/q+1. The Balaban J connectivity index is 1.93. The van der Waals surface area contributed by atoms with Crippen molar-refractivity contribution in [3.8, 4) is 11.4 Å². The average Bonchev–Trinajstić information content (AvgIpc) is 2.45. The molecule has 0 atom stereocenters. The van der Waals surface area contributed by atoms with Gasteiger partial charge in [-0.15, -0.1) is 0 Å². The molecule has 0 aliphatic heterocycles. The highest BCUT2D eigenvalue weighted by atomic mass is 16.6. The van der Waals surface area contributed by atoms with E-state index < -0.39 is 5.60 Å². The molecule has 0 aliphatic rings. The van der Waals surface area contributed by atoms with Crippen LogP contribution in [0.25, 0.3) is 11.4 Å². The van der Waals surface area contributed by atoms with E-state index in [-0.39, 0.29) is 12.4 Å². The van der Waals surface area contributed by atoms with Crippen molar-refractivity contribution in [3.63, 3.8) is 0 Å². The van der Waals surface area contributed by atoms with Gasteiger partial charge in [-0.05, 0) is 31.9 Å². The van der Waals surface area contributed by atoms with Gasteiger partial charge in [-0.1, -0.05) is 4.68 Å². The van der Waals surface area contributed by atoms with E-state index in [1.54, 1.807) is 35.5 Å². The maximum absolute atomic E-state index is 11.6. The predicted molar refractivity (Wildman–Crippen MR) is 75.9 cm³/mol. The Bertz CT molecular complexity index is 591. The summed E-state index contributed by atoms with van der Waals surface area (Å²) in [5.74, 6) is 0.400. The minimum absolute atomic E-state index is 0.229. The van der Waals surface area contributed by atoms with Crippen LogP contribution in [-0.2, 0) is 16.1 Å². The Morgan fingerprint density at radius 3 is 2.57 bits per heavy atom. The number of hydrogen-bond acceptors (Lipinski definition) is 5. The quantitative estimate of drug-likeness (QED) is 0.630. The van der Waals surface area contributed by atoms with E-state index in [4.69, 9.17) is 4.74 Å². The minimum atomic E-state index is -0.455. The monoisotopic (exact) mass is 287 g/mol. The molecule has 0 bridgehead atoms. The molecule has 0 radical (unpaired) electrons. The zero-order chi connectivity index (χ0) is 15.3. The lowest BCUT2D eigenvalue weighted by atomic mass is 10.2. The fraction of sp³-hybridized carbons (Fsp3) is 0.400. The van der Waals surface area contributed by atoms with E-state index in [1.807, 2.05) is 26.8 Å². The molecular weight excluding hydrogens is 268 g/mol. The van der Waals surface area contributed by atoms with Crippen LogP contribution >= 0.6 is 0 Å². The van der Waals surface area contributed by atoms with Gasteiger partial charge in [-0.25, -0.2) is 9.97 Å². The lowest BCUT2D eigenvalue weighted by Crippen LogP contribution is -2.39. The number of nitrogens with zero attached hydrogens (tertiary/aromatic N) is 4. The predicted octanol–water partition coefficient (Wildman–Crippen LogP) is 1.56. The first-order valence-corrected chi connectivity index (χ1v) is 6.79. The van der Waals surface area contributed by atoms with E-state index in [0.717, 1.165) is 5.56 Å². The van der Waals surface area contributed by atoms with Gasteiger partial charge in [0.1, 0.15) is 18.2 Å². The maximum Gasteiger partial charge on any atom is 0.312 e. The molecule has 0 N–H and O–H groups in total. The van der Waals surface area contributed by atoms with Crippen LogP contribution in [0.1, 0.15) is 27.2 Å². The summed E-state index contributed by atoms with van der Waals surface area (Å²) >= 11 is 0. The number of hydrogen-bond donors (Lipinski definition) is 0. The number of esters is 1. The van der Waals surface area contributed by atoms with Crippen LogP contribution in [-0.4, -0.2) is 26.6 Å². The lowest BCUT2D eigenvalue weighted by Gasteiger charge is -2.18. The molecule has 110 valence electrons. The molecule has 2 aromatic rings. The zero-order valence-corrected chi connectivity index (χ0v) is 12.5. The van der Waals surface area contributed by atoms with Crippen molar-refractivity contribution in [2.45, 2.75) is 39.3 Å². The summed E-state index contributed by atoms with van der Waals surface area (Å²) in [7, 11) is 0. The van der Waals surface area contributed by atoms with Crippen molar-refractivity contribution < 1.29 is 14.2 Å². The average molecular weight is 287 g/mol. The van der Waals surface area contributed by atoms with Crippen LogP contribution < -0.4 is 4.68 Å². The second-order valence-corrected chi connectivity index (χ2v) is 5.59. The van der Waals surface area contributed by atoms with Crippen LogP contribution in [0.5, 0.6) is 0 Å². The number of rotatable bonds is 4. The van der Waals surface area contributed by atoms with Crippen molar-refractivity contribution in [1.29, 1.82) is 0 Å². The third kappa shape index (κ3) is 4.91. The van der Waals surface area contributed by atoms with Crippen molar-refractivity contribution in [2.75, 3.05) is 0 Å². The summed E-state index contributed by atoms with van der Waals surface area (Å²) in [6, 6.07) is 3.64. The Hall–Kier alpha value is -2.37. The maximum atomic E-state index is 11.6. The van der Waals surface area contributed by atoms with Gasteiger partial charge in [0.2, 0.25) is 0 Å². The fourth-order valence-electron chi connectivity index (χ4n) is 1.70. The highest BCUT2D eigenvalue weighted by Gasteiger charge is 2.17. The van der Waals surface area contributed by atoms with Gasteiger partial charge in [0, 0.05) is 24.0 Å². The molecule has 0 spiro atoms.